The molecule has 0 aliphatic heterocycles. The molecule has 0 saturated heterocycles. The van der Waals surface area contributed by atoms with E-state index in [2.05, 4.69) is 78.0 Å². The van der Waals surface area contributed by atoms with E-state index in [-0.39, 0.29) is 0 Å². The highest BCUT2D eigenvalue weighted by molar-refractivity contribution is 7.98. The smallest absolute Gasteiger partial charge is 0.191 e. The molecule has 0 unspecified atom stereocenters. The largest absolute Gasteiger partial charge is 0.306 e. The number of thioether (sulfide) groups is 1. The summed E-state index contributed by atoms with van der Waals surface area (Å²) in [6.07, 6.45) is 0.825. The van der Waals surface area contributed by atoms with E-state index >= 15 is 0 Å². The molecule has 1 aromatic heterocycles. The Labute approximate surface area is 148 Å². The zero-order valence-corrected chi connectivity index (χ0v) is 15.3. The number of rotatable bonds is 6. The Balaban J connectivity index is 1.75. The lowest BCUT2D eigenvalue weighted by atomic mass is 10.1. The standard InChI is InChI=1S/C20H23N3S/c1-4-23-19(13-17-8-6-5-7-9-17)21-22-20(23)24-14-18-12-15(2)10-11-16(18)3/h5-12H,4,13-14H2,1-3H3. The maximum absolute atomic E-state index is 4.43. The molecule has 1 heterocycles. The van der Waals surface area contributed by atoms with Crippen molar-refractivity contribution in [2.24, 2.45) is 0 Å². The van der Waals surface area contributed by atoms with E-state index in [0.717, 1.165) is 29.7 Å². The summed E-state index contributed by atoms with van der Waals surface area (Å²) in [5.74, 6) is 1.96. The molecule has 0 fully saturated rings. The summed E-state index contributed by atoms with van der Waals surface area (Å²) in [5, 5.41) is 9.86. The van der Waals surface area contributed by atoms with Crippen LogP contribution in [-0.4, -0.2) is 14.8 Å². The summed E-state index contributed by atoms with van der Waals surface area (Å²) >= 11 is 1.77. The van der Waals surface area contributed by atoms with Crippen LogP contribution >= 0.6 is 11.8 Å². The first-order chi connectivity index (χ1) is 11.7. The number of hydrogen-bond acceptors (Lipinski definition) is 3. The molecule has 124 valence electrons. The van der Waals surface area contributed by atoms with Gasteiger partial charge in [-0.15, -0.1) is 10.2 Å². The summed E-state index contributed by atoms with van der Waals surface area (Å²) in [4.78, 5) is 0. The Morgan fingerprint density at radius 3 is 2.54 bits per heavy atom. The number of aryl methyl sites for hydroxylation is 2. The molecule has 0 bridgehead atoms. The Kier molecular flexibility index (Phi) is 5.36. The molecule has 0 atom stereocenters. The minimum Gasteiger partial charge on any atom is -0.306 e. The van der Waals surface area contributed by atoms with Gasteiger partial charge in [0.25, 0.3) is 0 Å². The average molecular weight is 337 g/mol. The van der Waals surface area contributed by atoms with Crippen LogP contribution in [0.4, 0.5) is 0 Å². The third-order valence-corrected chi connectivity index (χ3v) is 5.19. The Morgan fingerprint density at radius 1 is 1.00 bits per heavy atom. The molecule has 0 aliphatic carbocycles. The van der Waals surface area contributed by atoms with Crippen molar-refractivity contribution >= 4 is 11.8 Å². The van der Waals surface area contributed by atoms with Crippen LogP contribution in [0.15, 0.2) is 53.7 Å². The van der Waals surface area contributed by atoms with Crippen LogP contribution in [0.1, 0.15) is 35.0 Å². The van der Waals surface area contributed by atoms with Gasteiger partial charge < -0.3 is 4.57 Å². The van der Waals surface area contributed by atoms with Crippen molar-refractivity contribution in [2.75, 3.05) is 0 Å². The summed E-state index contributed by atoms with van der Waals surface area (Å²) < 4.78 is 2.22. The van der Waals surface area contributed by atoms with Gasteiger partial charge in [-0.1, -0.05) is 65.9 Å². The van der Waals surface area contributed by atoms with Gasteiger partial charge in [-0.25, -0.2) is 0 Å². The molecular formula is C20H23N3S. The Hall–Kier alpha value is -2.07. The highest BCUT2D eigenvalue weighted by Crippen LogP contribution is 2.25. The van der Waals surface area contributed by atoms with Crippen molar-refractivity contribution in [3.63, 3.8) is 0 Å². The molecular weight excluding hydrogens is 314 g/mol. The van der Waals surface area contributed by atoms with E-state index in [4.69, 9.17) is 0 Å². The first kappa shape index (κ1) is 16.8. The summed E-state index contributed by atoms with van der Waals surface area (Å²) in [5.41, 5.74) is 5.28. The predicted octanol–water partition coefficient (Wildman–Crippen LogP) is 4.80. The second-order valence-corrected chi connectivity index (χ2v) is 6.97. The van der Waals surface area contributed by atoms with Crippen LogP contribution in [0.2, 0.25) is 0 Å². The number of benzene rings is 2. The van der Waals surface area contributed by atoms with Gasteiger partial charge in [0, 0.05) is 18.7 Å². The van der Waals surface area contributed by atoms with Gasteiger partial charge in [-0.2, -0.15) is 0 Å². The topological polar surface area (TPSA) is 30.7 Å². The molecule has 24 heavy (non-hydrogen) atoms. The van der Waals surface area contributed by atoms with E-state index in [9.17, 15) is 0 Å². The quantitative estimate of drug-likeness (QED) is 0.605. The maximum Gasteiger partial charge on any atom is 0.191 e. The highest BCUT2D eigenvalue weighted by Gasteiger charge is 2.12. The number of nitrogens with zero attached hydrogens (tertiary/aromatic N) is 3. The SMILES string of the molecule is CCn1c(Cc2ccccc2)nnc1SCc1cc(C)ccc1C. The number of hydrogen-bond donors (Lipinski definition) is 0. The first-order valence-electron chi connectivity index (χ1n) is 8.32. The van der Waals surface area contributed by atoms with E-state index in [1.165, 1.54) is 22.3 Å². The van der Waals surface area contributed by atoms with Gasteiger partial charge in [-0.3, -0.25) is 0 Å². The minimum absolute atomic E-state index is 0.825. The van der Waals surface area contributed by atoms with Crippen LogP contribution in [0.25, 0.3) is 0 Å². The monoisotopic (exact) mass is 337 g/mol. The highest BCUT2D eigenvalue weighted by atomic mass is 32.2. The van der Waals surface area contributed by atoms with Crippen LogP contribution in [0, 0.1) is 13.8 Å². The predicted molar refractivity (Wildman–Crippen MR) is 100 cm³/mol. The first-order valence-corrected chi connectivity index (χ1v) is 9.31. The zero-order valence-electron chi connectivity index (χ0n) is 14.5. The van der Waals surface area contributed by atoms with E-state index in [1.807, 2.05) is 6.07 Å². The third kappa shape index (κ3) is 3.88. The summed E-state index contributed by atoms with van der Waals surface area (Å²) in [6, 6.07) is 17.1. The van der Waals surface area contributed by atoms with E-state index in [0.29, 0.717) is 0 Å². The molecule has 0 saturated carbocycles. The van der Waals surface area contributed by atoms with Crippen LogP contribution in [0.3, 0.4) is 0 Å². The molecule has 3 rings (SSSR count). The molecule has 2 aromatic carbocycles. The molecule has 4 heteroatoms. The third-order valence-electron chi connectivity index (χ3n) is 4.18. The van der Waals surface area contributed by atoms with Gasteiger partial charge in [0.15, 0.2) is 5.16 Å². The molecule has 0 N–H and O–H groups in total. The van der Waals surface area contributed by atoms with Crippen molar-refractivity contribution in [1.82, 2.24) is 14.8 Å². The summed E-state index contributed by atoms with van der Waals surface area (Å²) in [7, 11) is 0. The van der Waals surface area contributed by atoms with E-state index < -0.39 is 0 Å². The fourth-order valence-electron chi connectivity index (χ4n) is 2.75. The normalized spacial score (nSPS) is 11.0. The van der Waals surface area contributed by atoms with Crippen LogP contribution in [0.5, 0.6) is 0 Å². The van der Waals surface area contributed by atoms with Gasteiger partial charge in [0.05, 0.1) is 0 Å². The lowest BCUT2D eigenvalue weighted by molar-refractivity contribution is 0.651. The maximum atomic E-state index is 4.43. The van der Waals surface area contributed by atoms with Crippen molar-refractivity contribution in [3.05, 3.63) is 76.6 Å². The molecule has 0 amide bonds. The Bertz CT molecular complexity index is 809. The zero-order chi connectivity index (χ0) is 16.9. The molecule has 0 radical (unpaired) electrons. The van der Waals surface area contributed by atoms with Crippen molar-refractivity contribution < 1.29 is 0 Å². The second kappa shape index (κ2) is 7.67. The summed E-state index contributed by atoms with van der Waals surface area (Å²) in [6.45, 7) is 7.35. The van der Waals surface area contributed by atoms with Crippen LogP contribution < -0.4 is 0 Å². The lowest BCUT2D eigenvalue weighted by Gasteiger charge is -2.09. The Morgan fingerprint density at radius 2 is 1.79 bits per heavy atom. The van der Waals surface area contributed by atoms with E-state index in [1.54, 1.807) is 11.8 Å². The average Bonchev–Trinajstić information content (AvgIpc) is 2.98. The molecule has 0 spiro atoms. The van der Waals surface area contributed by atoms with Crippen LogP contribution in [-0.2, 0) is 18.7 Å². The van der Waals surface area contributed by atoms with Gasteiger partial charge in [0.1, 0.15) is 5.82 Å². The number of aromatic nitrogens is 3. The lowest BCUT2D eigenvalue weighted by Crippen LogP contribution is -2.04. The van der Waals surface area contributed by atoms with Crippen molar-refractivity contribution in [2.45, 2.75) is 44.6 Å². The van der Waals surface area contributed by atoms with Gasteiger partial charge in [-0.05, 0) is 37.5 Å². The fourth-order valence-corrected chi connectivity index (χ4v) is 3.84. The van der Waals surface area contributed by atoms with Crippen molar-refractivity contribution in [1.29, 1.82) is 0 Å². The van der Waals surface area contributed by atoms with Gasteiger partial charge >= 0.3 is 0 Å². The minimum atomic E-state index is 0.825. The fraction of sp³-hybridized carbons (Fsp3) is 0.300. The molecule has 0 aliphatic rings. The second-order valence-electron chi connectivity index (χ2n) is 6.02. The molecule has 3 nitrogen and oxygen atoms in total. The molecule has 3 aromatic rings. The van der Waals surface area contributed by atoms with Gasteiger partial charge in [0.2, 0.25) is 0 Å². The van der Waals surface area contributed by atoms with Crippen molar-refractivity contribution in [3.8, 4) is 0 Å².